The van der Waals surface area contributed by atoms with Gasteiger partial charge >= 0.3 is 5.97 Å². The zero-order chi connectivity index (χ0) is 19.9. The average molecular weight is 391 g/mol. The Hall–Kier alpha value is -2.84. The third-order valence-corrected chi connectivity index (χ3v) is 4.62. The average Bonchev–Trinajstić information content (AvgIpc) is 2.65. The smallest absolute Gasteiger partial charge is 0.324 e. The molecule has 2 rings (SSSR count). The maximum absolute atomic E-state index is 12.8. The molecule has 27 heavy (non-hydrogen) atoms. The Labute approximate surface area is 156 Å². The van der Waals surface area contributed by atoms with E-state index in [-0.39, 0.29) is 5.56 Å². The fourth-order valence-corrected chi connectivity index (χ4v) is 3.05. The maximum Gasteiger partial charge on any atom is 0.324 e. The number of ether oxygens (including phenoxy) is 1. The summed E-state index contributed by atoms with van der Waals surface area (Å²) >= 11 is 0. The van der Waals surface area contributed by atoms with E-state index >= 15 is 0 Å². The van der Waals surface area contributed by atoms with Crippen LogP contribution in [0.2, 0.25) is 0 Å². The summed E-state index contributed by atoms with van der Waals surface area (Å²) in [5.41, 5.74) is 0.867. The Morgan fingerprint density at radius 2 is 1.74 bits per heavy atom. The van der Waals surface area contributed by atoms with Crippen LogP contribution in [0.3, 0.4) is 0 Å². The predicted octanol–water partition coefficient (Wildman–Crippen LogP) is 2.53. The van der Waals surface area contributed by atoms with Crippen LogP contribution in [-0.4, -0.2) is 32.8 Å². The number of nitrogens with one attached hydrogen (secondary N) is 1. The van der Waals surface area contributed by atoms with Crippen LogP contribution in [0.5, 0.6) is 0 Å². The number of ketones is 1. The summed E-state index contributed by atoms with van der Waals surface area (Å²) in [5.74, 6) is -1.92. The van der Waals surface area contributed by atoms with Crippen molar-refractivity contribution in [3.05, 3.63) is 76.9 Å². The molecule has 1 atom stereocenters. The Morgan fingerprint density at radius 1 is 1.11 bits per heavy atom. The van der Waals surface area contributed by atoms with Gasteiger partial charge in [0.25, 0.3) is 0 Å². The van der Waals surface area contributed by atoms with Crippen LogP contribution in [0.15, 0.2) is 60.0 Å². The van der Waals surface area contributed by atoms with Gasteiger partial charge in [-0.25, -0.2) is 12.8 Å². The summed E-state index contributed by atoms with van der Waals surface area (Å²) in [6, 6.07) is 12.4. The molecule has 0 heterocycles. The molecule has 0 unspecified atom stereocenters. The topological polar surface area (TPSA) is 89.5 Å². The molecule has 0 saturated carbocycles. The molecule has 2 aromatic rings. The van der Waals surface area contributed by atoms with Gasteiger partial charge in [-0.2, -0.15) is 4.72 Å². The van der Waals surface area contributed by atoms with Crippen LogP contribution in [0, 0.1) is 5.82 Å². The maximum atomic E-state index is 12.8. The molecule has 1 N–H and O–H groups in total. The first-order valence-corrected chi connectivity index (χ1v) is 9.52. The van der Waals surface area contributed by atoms with Crippen LogP contribution in [-0.2, 0) is 19.6 Å². The van der Waals surface area contributed by atoms with Gasteiger partial charge in [-0.3, -0.25) is 9.59 Å². The largest absolute Gasteiger partial charge is 0.456 e. The van der Waals surface area contributed by atoms with E-state index in [1.54, 1.807) is 30.3 Å². The molecule has 0 radical (unpaired) electrons. The van der Waals surface area contributed by atoms with E-state index in [0.717, 1.165) is 17.5 Å². The first kappa shape index (κ1) is 20.5. The van der Waals surface area contributed by atoms with E-state index in [2.05, 4.69) is 4.72 Å². The molecule has 0 amide bonds. The fraction of sp³-hybridized carbons (Fsp3) is 0.158. The van der Waals surface area contributed by atoms with Gasteiger partial charge in [-0.05, 0) is 42.8 Å². The number of hydrogen-bond acceptors (Lipinski definition) is 5. The van der Waals surface area contributed by atoms with Crippen molar-refractivity contribution in [3.8, 4) is 0 Å². The molecule has 0 aliphatic heterocycles. The molecule has 142 valence electrons. The van der Waals surface area contributed by atoms with Gasteiger partial charge in [0.2, 0.25) is 10.0 Å². The molecule has 0 fully saturated rings. The SMILES string of the molecule is C[C@H](NS(=O)(=O)/C=C/c1ccccc1)C(=O)OCC(=O)c1ccc(F)cc1. The Morgan fingerprint density at radius 3 is 2.37 bits per heavy atom. The number of hydrogen-bond donors (Lipinski definition) is 1. The Bertz CT molecular complexity index is 924. The van der Waals surface area contributed by atoms with Crippen molar-refractivity contribution in [2.75, 3.05) is 6.61 Å². The van der Waals surface area contributed by atoms with E-state index in [9.17, 15) is 22.4 Å². The second-order valence-electron chi connectivity index (χ2n) is 5.64. The lowest BCUT2D eigenvalue weighted by atomic mass is 10.1. The van der Waals surface area contributed by atoms with Crippen molar-refractivity contribution < 1.29 is 27.1 Å². The van der Waals surface area contributed by atoms with Gasteiger partial charge in [0.1, 0.15) is 11.9 Å². The summed E-state index contributed by atoms with van der Waals surface area (Å²) in [5, 5.41) is 0.940. The highest BCUT2D eigenvalue weighted by atomic mass is 32.2. The van der Waals surface area contributed by atoms with E-state index < -0.39 is 40.2 Å². The van der Waals surface area contributed by atoms with Crippen LogP contribution in [0.4, 0.5) is 4.39 Å². The standard InChI is InChI=1S/C19H18FNO5S/c1-14(21-27(24,25)12-11-15-5-3-2-4-6-15)19(23)26-13-18(22)16-7-9-17(20)10-8-16/h2-12,14,21H,13H2,1H3/b12-11+/t14-/m0/s1. The molecular weight excluding hydrogens is 373 g/mol. The van der Waals surface area contributed by atoms with Gasteiger partial charge in [-0.15, -0.1) is 0 Å². The van der Waals surface area contributed by atoms with E-state index in [4.69, 9.17) is 4.74 Å². The third-order valence-electron chi connectivity index (χ3n) is 3.45. The summed E-state index contributed by atoms with van der Waals surface area (Å²) in [6.07, 6.45) is 1.39. The predicted molar refractivity (Wildman–Crippen MR) is 98.7 cm³/mol. The number of carbonyl (C=O) groups is 2. The van der Waals surface area contributed by atoms with Crippen molar-refractivity contribution in [3.63, 3.8) is 0 Å². The van der Waals surface area contributed by atoms with E-state index in [0.29, 0.717) is 5.56 Å². The van der Waals surface area contributed by atoms with Crippen molar-refractivity contribution in [2.24, 2.45) is 0 Å². The molecule has 0 aliphatic carbocycles. The summed E-state index contributed by atoms with van der Waals surface area (Å²) in [4.78, 5) is 23.8. The first-order chi connectivity index (χ1) is 12.8. The monoisotopic (exact) mass is 391 g/mol. The first-order valence-electron chi connectivity index (χ1n) is 7.98. The van der Waals surface area contributed by atoms with Crippen LogP contribution in [0.1, 0.15) is 22.8 Å². The van der Waals surface area contributed by atoms with Crippen molar-refractivity contribution >= 4 is 27.9 Å². The van der Waals surface area contributed by atoms with E-state index in [1.807, 2.05) is 0 Å². The molecule has 0 aliphatic rings. The highest BCUT2D eigenvalue weighted by Gasteiger charge is 2.21. The van der Waals surface area contributed by atoms with Gasteiger partial charge in [0.15, 0.2) is 12.4 Å². The van der Waals surface area contributed by atoms with Crippen molar-refractivity contribution in [1.29, 1.82) is 0 Å². The number of Topliss-reactive ketones (excluding diaryl/α,β-unsaturated/α-hetero) is 1. The number of sulfonamides is 1. The minimum absolute atomic E-state index is 0.184. The zero-order valence-electron chi connectivity index (χ0n) is 14.5. The van der Waals surface area contributed by atoms with Crippen LogP contribution >= 0.6 is 0 Å². The van der Waals surface area contributed by atoms with Gasteiger partial charge in [0, 0.05) is 11.0 Å². The Kier molecular flexibility index (Phi) is 6.98. The second-order valence-corrected chi connectivity index (χ2v) is 7.23. The fourth-order valence-electron chi connectivity index (χ4n) is 2.05. The van der Waals surface area contributed by atoms with Gasteiger partial charge in [-0.1, -0.05) is 30.3 Å². The molecule has 2 aromatic carbocycles. The molecule has 8 heteroatoms. The lowest BCUT2D eigenvalue weighted by Crippen LogP contribution is -2.39. The molecule has 0 spiro atoms. The number of esters is 1. The summed E-state index contributed by atoms with van der Waals surface area (Å²) in [7, 11) is -3.88. The number of rotatable bonds is 8. The zero-order valence-corrected chi connectivity index (χ0v) is 15.3. The minimum atomic E-state index is -3.88. The highest BCUT2D eigenvalue weighted by molar-refractivity contribution is 7.92. The quantitative estimate of drug-likeness (QED) is 0.552. The third kappa shape index (κ3) is 6.76. The number of benzene rings is 2. The normalized spacial score (nSPS) is 12.7. The number of carbonyl (C=O) groups excluding carboxylic acids is 2. The van der Waals surface area contributed by atoms with Crippen LogP contribution in [0.25, 0.3) is 6.08 Å². The van der Waals surface area contributed by atoms with Crippen LogP contribution < -0.4 is 4.72 Å². The molecular formula is C19H18FNO5S. The van der Waals surface area contributed by atoms with Gasteiger partial charge in [0.05, 0.1) is 0 Å². The molecule has 6 nitrogen and oxygen atoms in total. The highest BCUT2D eigenvalue weighted by Crippen LogP contribution is 2.06. The lowest BCUT2D eigenvalue weighted by molar-refractivity contribution is -0.144. The minimum Gasteiger partial charge on any atom is -0.456 e. The Balaban J connectivity index is 1.88. The summed E-state index contributed by atoms with van der Waals surface area (Å²) in [6.45, 7) is 0.731. The number of halogens is 1. The molecule has 0 aromatic heterocycles. The lowest BCUT2D eigenvalue weighted by Gasteiger charge is -2.12. The summed E-state index contributed by atoms with van der Waals surface area (Å²) < 4.78 is 43.8. The van der Waals surface area contributed by atoms with Crippen molar-refractivity contribution in [2.45, 2.75) is 13.0 Å². The van der Waals surface area contributed by atoms with Gasteiger partial charge < -0.3 is 4.74 Å². The molecule has 0 bridgehead atoms. The van der Waals surface area contributed by atoms with E-state index in [1.165, 1.54) is 25.1 Å². The van der Waals surface area contributed by atoms with Crippen molar-refractivity contribution in [1.82, 2.24) is 4.72 Å². The molecule has 0 saturated heterocycles. The second kappa shape index (κ2) is 9.20.